The van der Waals surface area contributed by atoms with Crippen molar-refractivity contribution in [3.63, 3.8) is 0 Å². The quantitative estimate of drug-likeness (QED) is 0.802. The Morgan fingerprint density at radius 2 is 1.86 bits per heavy atom. The highest BCUT2D eigenvalue weighted by Crippen LogP contribution is 2.14. The number of Topliss-reactive ketones (excluding diaryl/α,β-unsaturated/α-hetero) is 1. The van der Waals surface area contributed by atoms with Crippen LogP contribution in [-0.2, 0) is 0 Å². The summed E-state index contributed by atoms with van der Waals surface area (Å²) in [6, 6.07) is 6.16. The SMILES string of the molecule is CC(CN1CCN(CCO)CC1)C(=O)c1ccccc1F. The van der Waals surface area contributed by atoms with E-state index in [0.29, 0.717) is 13.1 Å². The normalized spacial score (nSPS) is 18.6. The summed E-state index contributed by atoms with van der Waals surface area (Å²) in [5, 5.41) is 8.92. The zero-order valence-electron chi connectivity index (χ0n) is 12.5. The predicted molar refractivity (Wildman–Crippen MR) is 79.9 cm³/mol. The molecular formula is C16H23FN2O2. The summed E-state index contributed by atoms with van der Waals surface area (Å²) in [5.41, 5.74) is 0.184. The first kappa shape index (κ1) is 16.1. The topological polar surface area (TPSA) is 43.8 Å². The lowest BCUT2D eigenvalue weighted by molar-refractivity contribution is 0.0805. The van der Waals surface area contributed by atoms with E-state index in [1.54, 1.807) is 18.2 Å². The van der Waals surface area contributed by atoms with Gasteiger partial charge in [-0.15, -0.1) is 0 Å². The van der Waals surface area contributed by atoms with Crippen LogP contribution in [0.3, 0.4) is 0 Å². The van der Waals surface area contributed by atoms with Crippen molar-refractivity contribution in [1.29, 1.82) is 0 Å². The Morgan fingerprint density at radius 1 is 1.24 bits per heavy atom. The van der Waals surface area contributed by atoms with Crippen LogP contribution in [0.15, 0.2) is 24.3 Å². The molecule has 1 N–H and O–H groups in total. The van der Waals surface area contributed by atoms with Crippen LogP contribution < -0.4 is 0 Å². The molecule has 1 aliphatic rings. The number of halogens is 1. The fourth-order valence-corrected chi connectivity index (χ4v) is 2.73. The highest BCUT2D eigenvalue weighted by molar-refractivity contribution is 5.98. The molecular weight excluding hydrogens is 271 g/mol. The van der Waals surface area contributed by atoms with E-state index in [2.05, 4.69) is 9.80 Å². The van der Waals surface area contributed by atoms with Gasteiger partial charge < -0.3 is 10.0 Å². The molecule has 0 bridgehead atoms. The number of β-amino-alcohol motifs (C(OH)–C–C–N with tert-alkyl or cyclic N) is 1. The Labute approximate surface area is 125 Å². The van der Waals surface area contributed by atoms with Gasteiger partial charge in [0.15, 0.2) is 5.78 Å². The number of hydrogen-bond donors (Lipinski definition) is 1. The molecule has 0 radical (unpaired) electrons. The van der Waals surface area contributed by atoms with Crippen LogP contribution in [0, 0.1) is 11.7 Å². The Bertz CT molecular complexity index is 473. The molecule has 0 amide bonds. The van der Waals surface area contributed by atoms with Crippen molar-refractivity contribution < 1.29 is 14.3 Å². The summed E-state index contributed by atoms with van der Waals surface area (Å²) in [7, 11) is 0. The van der Waals surface area contributed by atoms with Crippen LogP contribution in [0.2, 0.25) is 0 Å². The van der Waals surface area contributed by atoms with Crippen LogP contribution >= 0.6 is 0 Å². The summed E-state index contributed by atoms with van der Waals surface area (Å²) >= 11 is 0. The molecule has 1 atom stereocenters. The van der Waals surface area contributed by atoms with Crippen molar-refractivity contribution in [3.05, 3.63) is 35.6 Å². The Balaban J connectivity index is 1.86. The molecule has 116 valence electrons. The third-order valence-corrected chi connectivity index (χ3v) is 4.00. The average molecular weight is 294 g/mol. The molecule has 1 aliphatic heterocycles. The van der Waals surface area contributed by atoms with E-state index in [4.69, 9.17) is 5.11 Å². The van der Waals surface area contributed by atoms with Gasteiger partial charge in [-0.1, -0.05) is 19.1 Å². The number of benzene rings is 1. The molecule has 2 rings (SSSR count). The van der Waals surface area contributed by atoms with E-state index in [0.717, 1.165) is 26.2 Å². The number of piperazine rings is 1. The summed E-state index contributed by atoms with van der Waals surface area (Å²) < 4.78 is 13.7. The largest absolute Gasteiger partial charge is 0.395 e. The first-order chi connectivity index (χ1) is 10.1. The van der Waals surface area contributed by atoms with Gasteiger partial charge >= 0.3 is 0 Å². The standard InChI is InChI=1S/C16H23FN2O2/c1-13(16(21)14-4-2-3-5-15(14)17)12-19-8-6-18(7-9-19)10-11-20/h2-5,13,20H,6-12H2,1H3. The number of nitrogens with zero attached hydrogens (tertiary/aromatic N) is 2. The smallest absolute Gasteiger partial charge is 0.169 e. The van der Waals surface area contributed by atoms with E-state index >= 15 is 0 Å². The van der Waals surface area contributed by atoms with Crippen LogP contribution in [0.1, 0.15) is 17.3 Å². The first-order valence-corrected chi connectivity index (χ1v) is 7.46. The molecule has 5 heteroatoms. The van der Waals surface area contributed by atoms with E-state index in [9.17, 15) is 9.18 Å². The average Bonchev–Trinajstić information content (AvgIpc) is 2.49. The summed E-state index contributed by atoms with van der Waals surface area (Å²) in [6.07, 6.45) is 0. The summed E-state index contributed by atoms with van der Waals surface area (Å²) in [5.74, 6) is -0.792. The van der Waals surface area contributed by atoms with Gasteiger partial charge in [0.25, 0.3) is 0 Å². The van der Waals surface area contributed by atoms with Crippen LogP contribution in [0.5, 0.6) is 0 Å². The highest BCUT2D eigenvalue weighted by atomic mass is 19.1. The van der Waals surface area contributed by atoms with Crippen molar-refractivity contribution in [2.45, 2.75) is 6.92 Å². The maximum Gasteiger partial charge on any atom is 0.169 e. The summed E-state index contributed by atoms with van der Waals surface area (Å²) in [6.45, 7) is 6.97. The summed E-state index contributed by atoms with van der Waals surface area (Å²) in [4.78, 5) is 16.7. The van der Waals surface area contributed by atoms with Gasteiger partial charge in [0, 0.05) is 45.2 Å². The molecule has 0 spiro atoms. The fourth-order valence-electron chi connectivity index (χ4n) is 2.73. The highest BCUT2D eigenvalue weighted by Gasteiger charge is 2.23. The van der Waals surface area contributed by atoms with Crippen molar-refractivity contribution in [2.75, 3.05) is 45.9 Å². The molecule has 1 unspecified atom stereocenters. The Hall–Kier alpha value is -1.30. The van der Waals surface area contributed by atoms with Crippen molar-refractivity contribution in [2.24, 2.45) is 5.92 Å². The van der Waals surface area contributed by atoms with E-state index in [1.807, 2.05) is 6.92 Å². The lowest BCUT2D eigenvalue weighted by Gasteiger charge is -2.35. The van der Waals surface area contributed by atoms with Crippen molar-refractivity contribution in [1.82, 2.24) is 9.80 Å². The molecule has 1 saturated heterocycles. The maximum absolute atomic E-state index is 13.7. The number of carbonyl (C=O) groups excluding carboxylic acids is 1. The number of hydrogen-bond acceptors (Lipinski definition) is 4. The van der Waals surface area contributed by atoms with Gasteiger partial charge in [0.2, 0.25) is 0 Å². The first-order valence-electron chi connectivity index (χ1n) is 7.46. The number of aliphatic hydroxyl groups is 1. The van der Waals surface area contributed by atoms with Gasteiger partial charge in [-0.2, -0.15) is 0 Å². The fraction of sp³-hybridized carbons (Fsp3) is 0.562. The van der Waals surface area contributed by atoms with E-state index in [-0.39, 0.29) is 23.9 Å². The zero-order valence-corrected chi connectivity index (χ0v) is 12.5. The monoisotopic (exact) mass is 294 g/mol. The number of ketones is 1. The Kier molecular flexibility index (Phi) is 5.85. The van der Waals surface area contributed by atoms with Crippen LogP contribution in [-0.4, -0.2) is 66.6 Å². The van der Waals surface area contributed by atoms with Gasteiger partial charge in [0.05, 0.1) is 12.2 Å². The molecule has 21 heavy (non-hydrogen) atoms. The van der Waals surface area contributed by atoms with Gasteiger partial charge in [-0.3, -0.25) is 9.69 Å². The third-order valence-electron chi connectivity index (χ3n) is 4.00. The molecule has 0 aromatic heterocycles. The predicted octanol–water partition coefficient (Wildman–Crippen LogP) is 1.25. The van der Waals surface area contributed by atoms with Crippen LogP contribution in [0.4, 0.5) is 4.39 Å². The van der Waals surface area contributed by atoms with Crippen molar-refractivity contribution >= 4 is 5.78 Å². The van der Waals surface area contributed by atoms with Gasteiger partial charge in [-0.25, -0.2) is 4.39 Å². The van der Waals surface area contributed by atoms with Gasteiger partial charge in [-0.05, 0) is 12.1 Å². The number of carbonyl (C=O) groups is 1. The third kappa shape index (κ3) is 4.33. The molecule has 4 nitrogen and oxygen atoms in total. The lowest BCUT2D eigenvalue weighted by Crippen LogP contribution is -2.48. The van der Waals surface area contributed by atoms with E-state index < -0.39 is 5.82 Å². The molecule has 1 aromatic rings. The number of aliphatic hydroxyl groups excluding tert-OH is 1. The van der Waals surface area contributed by atoms with Gasteiger partial charge in [0.1, 0.15) is 5.82 Å². The molecule has 1 heterocycles. The molecule has 1 aromatic carbocycles. The van der Waals surface area contributed by atoms with Crippen molar-refractivity contribution in [3.8, 4) is 0 Å². The molecule has 0 saturated carbocycles. The minimum absolute atomic E-state index is 0.133. The second kappa shape index (κ2) is 7.64. The minimum atomic E-state index is -0.442. The maximum atomic E-state index is 13.7. The second-order valence-electron chi connectivity index (χ2n) is 5.61. The van der Waals surface area contributed by atoms with Crippen LogP contribution in [0.25, 0.3) is 0 Å². The Morgan fingerprint density at radius 3 is 2.48 bits per heavy atom. The number of rotatable bonds is 6. The molecule has 0 aliphatic carbocycles. The molecule has 1 fully saturated rings. The lowest BCUT2D eigenvalue weighted by atomic mass is 9.98. The van der Waals surface area contributed by atoms with E-state index in [1.165, 1.54) is 6.07 Å². The minimum Gasteiger partial charge on any atom is -0.395 e. The zero-order chi connectivity index (χ0) is 15.2. The second-order valence-corrected chi connectivity index (χ2v) is 5.61.